The van der Waals surface area contributed by atoms with Gasteiger partial charge in [0.15, 0.2) is 0 Å². The number of hydrogen-bond acceptors (Lipinski definition) is 1. The first-order chi connectivity index (χ1) is 9.74. The molecule has 0 spiro atoms. The Hall–Kier alpha value is -0.820. The summed E-state index contributed by atoms with van der Waals surface area (Å²) < 4.78 is 0. The van der Waals surface area contributed by atoms with Crippen molar-refractivity contribution in [1.82, 2.24) is 5.32 Å². The smallest absolute Gasteiger partial charge is 0.0124 e. The van der Waals surface area contributed by atoms with E-state index in [0.717, 1.165) is 6.54 Å². The van der Waals surface area contributed by atoms with Crippen LogP contribution < -0.4 is 5.32 Å². The van der Waals surface area contributed by atoms with Gasteiger partial charge in [0.2, 0.25) is 0 Å². The summed E-state index contributed by atoms with van der Waals surface area (Å²) in [7, 11) is 0. The summed E-state index contributed by atoms with van der Waals surface area (Å²) in [5.41, 5.74) is 2.00. The maximum Gasteiger partial charge on any atom is 0.0124 e. The van der Waals surface area contributed by atoms with Crippen molar-refractivity contribution in [2.75, 3.05) is 6.54 Å². The van der Waals surface area contributed by atoms with Crippen LogP contribution in [0.15, 0.2) is 30.3 Å². The van der Waals surface area contributed by atoms with Gasteiger partial charge in [-0.05, 0) is 49.6 Å². The molecule has 1 aliphatic carbocycles. The Morgan fingerprint density at radius 1 is 1.10 bits per heavy atom. The molecule has 1 N–H and O–H groups in total. The molecule has 0 saturated heterocycles. The SMILES string of the molecule is CCCNC(CCc1ccccc1)C1(C)CCCCC1. The second kappa shape index (κ2) is 7.83. The van der Waals surface area contributed by atoms with Crippen molar-refractivity contribution in [1.29, 1.82) is 0 Å². The second-order valence-corrected chi connectivity index (χ2v) is 6.75. The molecule has 1 atom stereocenters. The zero-order chi connectivity index (χ0) is 14.3. The summed E-state index contributed by atoms with van der Waals surface area (Å²) in [6.07, 6.45) is 10.8. The van der Waals surface area contributed by atoms with Gasteiger partial charge in [-0.25, -0.2) is 0 Å². The molecule has 1 nitrogen and oxygen atoms in total. The van der Waals surface area contributed by atoms with Gasteiger partial charge in [0, 0.05) is 6.04 Å². The number of benzene rings is 1. The van der Waals surface area contributed by atoms with Crippen LogP contribution in [0.4, 0.5) is 0 Å². The summed E-state index contributed by atoms with van der Waals surface area (Å²) in [6.45, 7) is 5.95. The average Bonchev–Trinajstić information content (AvgIpc) is 2.49. The van der Waals surface area contributed by atoms with Crippen LogP contribution in [-0.2, 0) is 6.42 Å². The molecule has 0 aromatic heterocycles. The van der Waals surface area contributed by atoms with E-state index in [4.69, 9.17) is 0 Å². The molecule has 112 valence electrons. The van der Waals surface area contributed by atoms with Crippen molar-refractivity contribution in [3.05, 3.63) is 35.9 Å². The molecule has 1 heteroatoms. The maximum absolute atomic E-state index is 3.85. The first-order valence-corrected chi connectivity index (χ1v) is 8.52. The highest BCUT2D eigenvalue weighted by Gasteiger charge is 2.34. The third-order valence-corrected chi connectivity index (χ3v) is 5.04. The zero-order valence-electron chi connectivity index (χ0n) is 13.3. The van der Waals surface area contributed by atoms with E-state index in [0.29, 0.717) is 11.5 Å². The molecule has 1 aliphatic rings. The molecule has 0 bridgehead atoms. The van der Waals surface area contributed by atoms with Crippen LogP contribution >= 0.6 is 0 Å². The number of aryl methyl sites for hydroxylation is 1. The fourth-order valence-electron chi connectivity index (χ4n) is 3.68. The van der Waals surface area contributed by atoms with Crippen molar-refractivity contribution < 1.29 is 0 Å². The van der Waals surface area contributed by atoms with E-state index in [-0.39, 0.29) is 0 Å². The topological polar surface area (TPSA) is 12.0 Å². The van der Waals surface area contributed by atoms with Crippen molar-refractivity contribution in [3.8, 4) is 0 Å². The van der Waals surface area contributed by atoms with Crippen LogP contribution in [0, 0.1) is 5.41 Å². The fourth-order valence-corrected chi connectivity index (χ4v) is 3.68. The molecule has 20 heavy (non-hydrogen) atoms. The molecule has 0 radical (unpaired) electrons. The van der Waals surface area contributed by atoms with E-state index >= 15 is 0 Å². The lowest BCUT2D eigenvalue weighted by molar-refractivity contribution is 0.138. The molecule has 1 aromatic rings. The lowest BCUT2D eigenvalue weighted by Gasteiger charge is -2.41. The lowest BCUT2D eigenvalue weighted by atomic mass is 9.69. The monoisotopic (exact) mass is 273 g/mol. The van der Waals surface area contributed by atoms with Gasteiger partial charge in [0.25, 0.3) is 0 Å². The minimum absolute atomic E-state index is 0.516. The van der Waals surface area contributed by atoms with E-state index in [9.17, 15) is 0 Å². The lowest BCUT2D eigenvalue weighted by Crippen LogP contribution is -2.45. The first kappa shape index (κ1) is 15.6. The molecule has 1 fully saturated rings. The van der Waals surface area contributed by atoms with E-state index in [1.165, 1.54) is 56.9 Å². The maximum atomic E-state index is 3.85. The summed E-state index contributed by atoms with van der Waals surface area (Å²) in [5, 5.41) is 3.85. The Labute approximate surface area is 125 Å². The number of hydrogen-bond donors (Lipinski definition) is 1. The Bertz CT molecular complexity index is 365. The molecular formula is C19H31N. The summed E-state index contributed by atoms with van der Waals surface area (Å²) in [5.74, 6) is 0. The van der Waals surface area contributed by atoms with Crippen molar-refractivity contribution in [2.24, 2.45) is 5.41 Å². The van der Waals surface area contributed by atoms with Gasteiger partial charge in [-0.2, -0.15) is 0 Å². The van der Waals surface area contributed by atoms with Gasteiger partial charge < -0.3 is 5.32 Å². The fraction of sp³-hybridized carbons (Fsp3) is 0.684. The molecule has 1 saturated carbocycles. The van der Waals surface area contributed by atoms with Gasteiger partial charge in [-0.1, -0.05) is 63.4 Å². The summed E-state index contributed by atoms with van der Waals surface area (Å²) in [4.78, 5) is 0. The van der Waals surface area contributed by atoms with Crippen LogP contribution in [0.1, 0.15) is 64.4 Å². The van der Waals surface area contributed by atoms with Crippen LogP contribution in [0.2, 0.25) is 0 Å². The normalized spacial score (nSPS) is 19.7. The molecule has 0 amide bonds. The van der Waals surface area contributed by atoms with Gasteiger partial charge in [-0.3, -0.25) is 0 Å². The largest absolute Gasteiger partial charge is 0.313 e. The third kappa shape index (κ3) is 4.34. The van der Waals surface area contributed by atoms with Crippen LogP contribution in [0.3, 0.4) is 0 Å². The number of nitrogens with one attached hydrogen (secondary N) is 1. The highest BCUT2D eigenvalue weighted by molar-refractivity contribution is 5.15. The van der Waals surface area contributed by atoms with E-state index in [2.05, 4.69) is 49.5 Å². The second-order valence-electron chi connectivity index (χ2n) is 6.75. The Kier molecular flexibility index (Phi) is 6.09. The highest BCUT2D eigenvalue weighted by atomic mass is 14.9. The molecule has 2 rings (SSSR count). The van der Waals surface area contributed by atoms with E-state index in [1.54, 1.807) is 0 Å². The third-order valence-electron chi connectivity index (χ3n) is 5.04. The van der Waals surface area contributed by atoms with Gasteiger partial charge in [-0.15, -0.1) is 0 Å². The van der Waals surface area contributed by atoms with Crippen LogP contribution in [0.5, 0.6) is 0 Å². The van der Waals surface area contributed by atoms with Crippen LogP contribution in [-0.4, -0.2) is 12.6 Å². The Morgan fingerprint density at radius 3 is 2.45 bits per heavy atom. The molecule has 1 unspecified atom stereocenters. The van der Waals surface area contributed by atoms with Crippen molar-refractivity contribution in [3.63, 3.8) is 0 Å². The molecular weight excluding hydrogens is 242 g/mol. The summed E-state index contributed by atoms with van der Waals surface area (Å²) in [6, 6.07) is 11.6. The minimum atomic E-state index is 0.516. The zero-order valence-corrected chi connectivity index (χ0v) is 13.3. The predicted octanol–water partition coefficient (Wildman–Crippen LogP) is 4.96. The van der Waals surface area contributed by atoms with Gasteiger partial charge in [0.05, 0.1) is 0 Å². The average molecular weight is 273 g/mol. The standard InChI is InChI=1S/C19H31N/c1-3-16-20-18(19(2)14-8-5-9-15-19)13-12-17-10-6-4-7-11-17/h4,6-7,10-11,18,20H,3,5,8-9,12-16H2,1-2H3. The first-order valence-electron chi connectivity index (χ1n) is 8.52. The number of rotatable bonds is 7. The van der Waals surface area contributed by atoms with Crippen LogP contribution in [0.25, 0.3) is 0 Å². The van der Waals surface area contributed by atoms with E-state index in [1.807, 2.05) is 0 Å². The predicted molar refractivity (Wildman–Crippen MR) is 88.0 cm³/mol. The molecule has 1 aromatic carbocycles. The minimum Gasteiger partial charge on any atom is -0.313 e. The molecule has 0 heterocycles. The highest BCUT2D eigenvalue weighted by Crippen LogP contribution is 2.40. The molecule has 0 aliphatic heterocycles. The Morgan fingerprint density at radius 2 is 1.80 bits per heavy atom. The quantitative estimate of drug-likeness (QED) is 0.740. The van der Waals surface area contributed by atoms with Gasteiger partial charge >= 0.3 is 0 Å². The van der Waals surface area contributed by atoms with E-state index < -0.39 is 0 Å². The van der Waals surface area contributed by atoms with Gasteiger partial charge in [0.1, 0.15) is 0 Å². The van der Waals surface area contributed by atoms with Crippen molar-refractivity contribution in [2.45, 2.75) is 71.3 Å². The van der Waals surface area contributed by atoms with Crippen molar-refractivity contribution >= 4 is 0 Å². The Balaban J connectivity index is 1.95. The summed E-state index contributed by atoms with van der Waals surface area (Å²) >= 11 is 0.